The number of amides is 1. The molecule has 9 heteroatoms. The van der Waals surface area contributed by atoms with E-state index in [1.807, 2.05) is 30.3 Å². The molecule has 0 bridgehead atoms. The van der Waals surface area contributed by atoms with E-state index in [2.05, 4.69) is 15.6 Å². The van der Waals surface area contributed by atoms with Gasteiger partial charge in [-0.05, 0) is 29.7 Å². The Hall–Kier alpha value is -2.30. The Labute approximate surface area is 191 Å². The Morgan fingerprint density at radius 2 is 1.60 bits per heavy atom. The van der Waals surface area contributed by atoms with Crippen LogP contribution in [0.1, 0.15) is 16.7 Å². The van der Waals surface area contributed by atoms with E-state index in [0.717, 1.165) is 24.1 Å². The third-order valence-corrected chi connectivity index (χ3v) is 4.16. The molecule has 0 saturated carbocycles. The second-order valence-corrected chi connectivity index (χ2v) is 6.66. The highest BCUT2D eigenvalue weighted by atomic mass is 127. The van der Waals surface area contributed by atoms with Crippen LogP contribution in [0.4, 0.5) is 13.2 Å². The molecular weight excluding hydrogens is 508 g/mol. The zero-order valence-corrected chi connectivity index (χ0v) is 19.2. The number of benzene rings is 2. The monoisotopic (exact) mass is 534 g/mol. The lowest BCUT2D eigenvalue weighted by molar-refractivity contribution is -0.137. The number of hydrogen-bond acceptors (Lipinski definition) is 2. The summed E-state index contributed by atoms with van der Waals surface area (Å²) in [5.41, 5.74) is 1.11. The van der Waals surface area contributed by atoms with Gasteiger partial charge in [0.15, 0.2) is 5.96 Å². The maximum Gasteiger partial charge on any atom is 0.416 e. The summed E-state index contributed by atoms with van der Waals surface area (Å²) in [6, 6.07) is 14.8. The van der Waals surface area contributed by atoms with E-state index >= 15 is 0 Å². The van der Waals surface area contributed by atoms with Crippen molar-refractivity contribution in [3.63, 3.8) is 0 Å². The first kappa shape index (κ1) is 25.7. The van der Waals surface area contributed by atoms with Crippen molar-refractivity contribution in [2.24, 2.45) is 4.99 Å². The number of rotatable bonds is 7. The first-order valence-corrected chi connectivity index (χ1v) is 9.18. The van der Waals surface area contributed by atoms with Gasteiger partial charge in [0, 0.05) is 20.6 Å². The van der Waals surface area contributed by atoms with Gasteiger partial charge in [-0.1, -0.05) is 42.5 Å². The lowest BCUT2D eigenvalue weighted by Crippen LogP contribution is -2.43. The number of nitrogens with one attached hydrogen (secondary N) is 2. The molecule has 0 heterocycles. The van der Waals surface area contributed by atoms with E-state index in [1.54, 1.807) is 14.1 Å². The molecule has 2 N–H and O–H groups in total. The fraction of sp³-hybridized carbons (Fsp3) is 0.333. The lowest BCUT2D eigenvalue weighted by Gasteiger charge is -2.15. The highest BCUT2D eigenvalue weighted by Gasteiger charge is 2.29. The van der Waals surface area contributed by atoms with Crippen LogP contribution in [0.2, 0.25) is 0 Å². The van der Waals surface area contributed by atoms with Crippen molar-refractivity contribution in [3.05, 3.63) is 71.3 Å². The van der Waals surface area contributed by atoms with Crippen LogP contribution in [0.5, 0.6) is 0 Å². The van der Waals surface area contributed by atoms with Crippen LogP contribution in [0.3, 0.4) is 0 Å². The second-order valence-electron chi connectivity index (χ2n) is 6.66. The van der Waals surface area contributed by atoms with Crippen molar-refractivity contribution in [1.82, 2.24) is 15.5 Å². The van der Waals surface area contributed by atoms with E-state index in [4.69, 9.17) is 0 Å². The fourth-order valence-corrected chi connectivity index (χ4v) is 2.43. The van der Waals surface area contributed by atoms with Crippen molar-refractivity contribution < 1.29 is 18.0 Å². The summed E-state index contributed by atoms with van der Waals surface area (Å²) in [6.07, 6.45) is -3.59. The molecule has 0 aliphatic heterocycles. The molecule has 0 atom stereocenters. The predicted octanol–water partition coefficient (Wildman–Crippen LogP) is 3.69. The van der Waals surface area contributed by atoms with Gasteiger partial charge < -0.3 is 15.5 Å². The van der Waals surface area contributed by atoms with Gasteiger partial charge in [-0.2, -0.15) is 13.2 Å². The summed E-state index contributed by atoms with van der Waals surface area (Å²) in [4.78, 5) is 17.7. The molecule has 0 aliphatic carbocycles. The second kappa shape index (κ2) is 12.4. The number of alkyl halides is 3. The summed E-state index contributed by atoms with van der Waals surface area (Å²) >= 11 is 0. The summed E-state index contributed by atoms with van der Waals surface area (Å²) in [7, 11) is 3.32. The maximum atomic E-state index is 12.7. The highest BCUT2D eigenvalue weighted by Crippen LogP contribution is 2.29. The normalized spacial score (nSPS) is 11.4. The van der Waals surface area contributed by atoms with Crippen LogP contribution in [-0.4, -0.2) is 44.0 Å². The molecule has 0 saturated heterocycles. The van der Waals surface area contributed by atoms with E-state index < -0.39 is 11.7 Å². The van der Waals surface area contributed by atoms with Crippen LogP contribution >= 0.6 is 24.0 Å². The summed E-state index contributed by atoms with van der Waals surface area (Å²) in [5.74, 6) is 0.313. The minimum Gasteiger partial charge on any atom is -0.356 e. The van der Waals surface area contributed by atoms with Gasteiger partial charge in [0.1, 0.15) is 0 Å². The first-order valence-electron chi connectivity index (χ1n) is 9.18. The van der Waals surface area contributed by atoms with E-state index in [0.29, 0.717) is 18.1 Å². The average Bonchev–Trinajstić information content (AvgIpc) is 2.69. The van der Waals surface area contributed by atoms with Gasteiger partial charge in [-0.15, -0.1) is 24.0 Å². The average molecular weight is 534 g/mol. The number of guanidine groups is 1. The minimum atomic E-state index is -4.36. The van der Waals surface area contributed by atoms with Crippen molar-refractivity contribution in [2.75, 3.05) is 27.2 Å². The molecule has 0 fully saturated rings. The molecule has 0 unspecified atom stereocenters. The third-order valence-electron chi connectivity index (χ3n) is 4.16. The number of aliphatic imine (C=N–C) groups is 1. The fourth-order valence-electron chi connectivity index (χ4n) is 2.43. The quantitative estimate of drug-likeness (QED) is 0.324. The van der Waals surface area contributed by atoms with Gasteiger partial charge in [0.2, 0.25) is 5.91 Å². The van der Waals surface area contributed by atoms with Crippen LogP contribution in [0, 0.1) is 0 Å². The molecule has 2 aromatic rings. The number of likely N-dealkylation sites (N-methyl/N-ethyl adjacent to an activating group) is 1. The van der Waals surface area contributed by atoms with E-state index in [9.17, 15) is 18.0 Å². The predicted molar refractivity (Wildman–Crippen MR) is 123 cm³/mol. The number of hydrogen-bond donors (Lipinski definition) is 2. The molecular formula is C21H26F3IN4O. The number of carbonyl (C=O) groups excluding carboxylic acids is 1. The molecule has 5 nitrogen and oxygen atoms in total. The van der Waals surface area contributed by atoms with Gasteiger partial charge in [0.25, 0.3) is 0 Å². The Balaban J connectivity index is 0.00000450. The lowest BCUT2D eigenvalue weighted by atomic mass is 10.1. The van der Waals surface area contributed by atoms with Crippen LogP contribution in [0.25, 0.3) is 0 Å². The largest absolute Gasteiger partial charge is 0.416 e. The molecule has 2 rings (SSSR count). The number of carbonyl (C=O) groups is 1. The number of nitrogens with zero attached hydrogens (tertiary/aromatic N) is 2. The van der Waals surface area contributed by atoms with Crippen molar-refractivity contribution in [3.8, 4) is 0 Å². The van der Waals surface area contributed by atoms with Crippen LogP contribution in [0.15, 0.2) is 59.6 Å². The van der Waals surface area contributed by atoms with Gasteiger partial charge in [-0.25, -0.2) is 4.99 Å². The van der Waals surface area contributed by atoms with Crippen molar-refractivity contribution >= 4 is 35.8 Å². The van der Waals surface area contributed by atoms with Crippen molar-refractivity contribution in [1.29, 1.82) is 0 Å². The molecule has 164 valence electrons. The van der Waals surface area contributed by atoms with Gasteiger partial charge in [-0.3, -0.25) is 4.79 Å². The van der Waals surface area contributed by atoms with Crippen molar-refractivity contribution in [2.45, 2.75) is 19.1 Å². The smallest absolute Gasteiger partial charge is 0.356 e. The zero-order valence-electron chi connectivity index (χ0n) is 16.9. The van der Waals surface area contributed by atoms with Crippen LogP contribution < -0.4 is 10.6 Å². The summed E-state index contributed by atoms with van der Waals surface area (Å²) in [6.45, 7) is 0.852. The molecule has 0 aromatic heterocycles. The minimum absolute atomic E-state index is 0. The number of halogens is 4. The summed E-state index contributed by atoms with van der Waals surface area (Å²) in [5, 5.41) is 6.12. The first-order chi connectivity index (χ1) is 13.8. The van der Waals surface area contributed by atoms with Gasteiger partial charge in [0.05, 0.1) is 18.7 Å². The Morgan fingerprint density at radius 3 is 2.17 bits per heavy atom. The van der Waals surface area contributed by atoms with E-state index in [1.165, 1.54) is 17.0 Å². The third kappa shape index (κ3) is 9.02. The Bertz CT molecular complexity index is 809. The summed E-state index contributed by atoms with van der Waals surface area (Å²) < 4.78 is 38.0. The highest BCUT2D eigenvalue weighted by molar-refractivity contribution is 14.0. The molecule has 0 aliphatic rings. The van der Waals surface area contributed by atoms with E-state index in [-0.39, 0.29) is 43.0 Å². The molecule has 0 spiro atoms. The molecule has 2 aromatic carbocycles. The Morgan fingerprint density at radius 1 is 0.967 bits per heavy atom. The van der Waals surface area contributed by atoms with Crippen LogP contribution in [-0.2, 0) is 23.9 Å². The topological polar surface area (TPSA) is 56.7 Å². The maximum absolute atomic E-state index is 12.7. The zero-order chi connectivity index (χ0) is 21.3. The standard InChI is InChI=1S/C21H25F3N4O.HI/c1-28(2)19(29)15-27-20(25-13-12-16-6-4-3-5-7-16)26-14-17-8-10-18(11-9-17)21(22,23)24;/h3-11H,12-15H2,1-2H3,(H2,25,26,27);1H. The SMILES string of the molecule is CN(C)C(=O)CNC(=NCc1ccc(C(F)(F)F)cc1)NCCc1ccccc1.I. The Kier molecular flexibility index (Phi) is 10.6. The molecule has 0 radical (unpaired) electrons. The van der Waals surface area contributed by atoms with Gasteiger partial charge >= 0.3 is 6.18 Å². The molecule has 30 heavy (non-hydrogen) atoms. The molecule has 1 amide bonds.